The Morgan fingerprint density at radius 1 is 1.21 bits per heavy atom. The minimum atomic E-state index is -0.630. The lowest BCUT2D eigenvalue weighted by Crippen LogP contribution is -2.51. The van der Waals surface area contributed by atoms with Crippen LogP contribution >= 0.6 is 11.6 Å². The number of aliphatic hydroxyl groups is 1. The van der Waals surface area contributed by atoms with E-state index in [-0.39, 0.29) is 24.1 Å². The maximum absolute atomic E-state index is 10.1. The summed E-state index contributed by atoms with van der Waals surface area (Å²) in [5.74, 6) is 0.803. The Morgan fingerprint density at radius 3 is 2.83 bits per heavy atom. The number of rotatable bonds is 1. The summed E-state index contributed by atoms with van der Waals surface area (Å²) in [6, 6.07) is 13.5. The molecule has 2 aromatic carbocycles. The van der Waals surface area contributed by atoms with Crippen molar-refractivity contribution in [2.75, 3.05) is 6.61 Å². The molecule has 1 spiro atoms. The Morgan fingerprint density at radius 2 is 2.07 bits per heavy atom. The van der Waals surface area contributed by atoms with Gasteiger partial charge in [0.1, 0.15) is 24.0 Å². The van der Waals surface area contributed by atoms with Gasteiger partial charge in [0.2, 0.25) is 0 Å². The molecule has 0 amide bonds. The van der Waals surface area contributed by atoms with Gasteiger partial charge in [0.05, 0.1) is 17.7 Å². The average molecular weight is 410 g/mol. The van der Waals surface area contributed by atoms with Crippen LogP contribution in [0.25, 0.3) is 11.1 Å². The Balaban J connectivity index is 1.66. The summed E-state index contributed by atoms with van der Waals surface area (Å²) < 4.78 is 11.9. The van der Waals surface area contributed by atoms with Gasteiger partial charge in [-0.2, -0.15) is 5.26 Å². The van der Waals surface area contributed by atoms with Crippen molar-refractivity contribution in [2.24, 2.45) is 16.6 Å². The fraction of sp³-hybridized carbons (Fsp3) is 0.364. The molecule has 2 aliphatic heterocycles. The van der Waals surface area contributed by atoms with Crippen molar-refractivity contribution in [3.05, 3.63) is 52.5 Å². The van der Waals surface area contributed by atoms with Gasteiger partial charge >= 0.3 is 0 Å². The third-order valence-corrected chi connectivity index (χ3v) is 6.43. The topological polar surface area (TPSA) is 101 Å². The van der Waals surface area contributed by atoms with Gasteiger partial charge in [-0.15, -0.1) is 0 Å². The molecule has 6 nitrogen and oxygen atoms in total. The van der Waals surface area contributed by atoms with Gasteiger partial charge < -0.3 is 20.3 Å². The summed E-state index contributed by atoms with van der Waals surface area (Å²) >= 11 is 6.21. The van der Waals surface area contributed by atoms with E-state index in [1.165, 1.54) is 0 Å². The van der Waals surface area contributed by atoms with E-state index in [2.05, 4.69) is 6.07 Å². The largest absolute Gasteiger partial charge is 0.490 e. The number of nitrogens with zero attached hydrogens (tertiary/aromatic N) is 2. The van der Waals surface area contributed by atoms with Crippen LogP contribution in [0.1, 0.15) is 30.4 Å². The van der Waals surface area contributed by atoms with Crippen LogP contribution in [0.15, 0.2) is 41.4 Å². The first-order valence-corrected chi connectivity index (χ1v) is 10.0. The maximum Gasteiger partial charge on any atom is 0.283 e. The molecule has 0 bridgehead atoms. The molecule has 7 heteroatoms. The normalized spacial score (nSPS) is 29.8. The van der Waals surface area contributed by atoms with Crippen molar-refractivity contribution < 1.29 is 14.6 Å². The Kier molecular flexibility index (Phi) is 4.19. The molecule has 2 aromatic rings. The Labute approximate surface area is 173 Å². The van der Waals surface area contributed by atoms with E-state index in [0.717, 1.165) is 28.9 Å². The summed E-state index contributed by atoms with van der Waals surface area (Å²) in [6.07, 6.45) is 1.56. The second-order valence-corrected chi connectivity index (χ2v) is 8.38. The number of benzene rings is 2. The van der Waals surface area contributed by atoms with Crippen LogP contribution in [0.3, 0.4) is 0 Å². The van der Waals surface area contributed by atoms with Gasteiger partial charge in [-0.3, -0.25) is 0 Å². The van der Waals surface area contributed by atoms with Crippen LogP contribution in [-0.4, -0.2) is 29.9 Å². The van der Waals surface area contributed by atoms with E-state index < -0.39 is 5.54 Å². The van der Waals surface area contributed by atoms with Crippen LogP contribution in [0, 0.1) is 17.2 Å². The molecule has 3 unspecified atom stereocenters. The number of aliphatic hydroxyl groups excluding tert-OH is 1. The molecule has 148 valence electrons. The van der Waals surface area contributed by atoms with Gasteiger partial charge in [-0.05, 0) is 54.3 Å². The number of hydrogen-bond donors (Lipinski definition) is 2. The number of halogens is 1. The number of fused-ring (bicyclic) bond motifs is 4. The molecule has 0 saturated heterocycles. The molecule has 0 radical (unpaired) electrons. The first-order valence-electron chi connectivity index (χ1n) is 9.67. The highest BCUT2D eigenvalue weighted by atomic mass is 35.5. The molecule has 5 rings (SSSR count). The van der Waals surface area contributed by atoms with Crippen molar-refractivity contribution in [3.63, 3.8) is 0 Å². The summed E-state index contributed by atoms with van der Waals surface area (Å²) in [5.41, 5.74) is 8.50. The summed E-state index contributed by atoms with van der Waals surface area (Å²) in [7, 11) is 0. The number of nitrogens with two attached hydrogens (primary N) is 1. The number of hydrogen-bond acceptors (Lipinski definition) is 6. The summed E-state index contributed by atoms with van der Waals surface area (Å²) in [5, 5.41) is 19.9. The van der Waals surface area contributed by atoms with Crippen LogP contribution in [0.5, 0.6) is 5.75 Å². The molecule has 0 aromatic heterocycles. The highest BCUT2D eigenvalue weighted by Gasteiger charge is 2.55. The summed E-state index contributed by atoms with van der Waals surface area (Å²) in [4.78, 5) is 4.75. The second kappa shape index (κ2) is 6.65. The van der Waals surface area contributed by atoms with Gasteiger partial charge in [-0.25, -0.2) is 4.99 Å². The van der Waals surface area contributed by atoms with Gasteiger partial charge in [-0.1, -0.05) is 17.7 Å². The third-order valence-electron chi connectivity index (χ3n) is 6.21. The number of ether oxygens (including phenoxy) is 2. The van der Waals surface area contributed by atoms with Crippen LogP contribution < -0.4 is 10.5 Å². The molecule has 1 saturated carbocycles. The predicted octanol–water partition coefficient (Wildman–Crippen LogP) is 3.34. The smallest absolute Gasteiger partial charge is 0.283 e. The first-order chi connectivity index (χ1) is 14.0. The second-order valence-electron chi connectivity index (χ2n) is 7.94. The van der Waals surface area contributed by atoms with E-state index in [0.29, 0.717) is 30.0 Å². The van der Waals surface area contributed by atoms with E-state index >= 15 is 0 Å². The standard InChI is InChI=1S/C22H20ClN3O3/c23-15-6-12(10-24)5-14(7-15)13-1-4-19-18(8-13)22(11-28-21(25)26-22)17-3-2-16(27)9-20(17)29-19/h1,4-8,16-17,20,27H,2-3,9,11H2,(H2,25,26)/t16?,17-,20?,22?/m0/s1. The third kappa shape index (κ3) is 2.93. The highest BCUT2D eigenvalue weighted by Crippen LogP contribution is 2.53. The van der Waals surface area contributed by atoms with E-state index in [1.807, 2.05) is 30.3 Å². The van der Waals surface area contributed by atoms with E-state index in [1.54, 1.807) is 6.07 Å². The Bertz CT molecular complexity index is 1060. The SMILES string of the molecule is N#Cc1cc(Cl)cc(-c2ccc3c(c2)C2(COC(N)=N2)[C@H]2CCC(O)CC2O3)c1. The molecular weight excluding hydrogens is 390 g/mol. The molecular formula is C22H20ClN3O3. The lowest BCUT2D eigenvalue weighted by molar-refractivity contribution is -0.0360. The molecule has 1 aliphatic carbocycles. The van der Waals surface area contributed by atoms with Gasteiger partial charge in [0.25, 0.3) is 6.02 Å². The van der Waals surface area contributed by atoms with Crippen LogP contribution in [-0.2, 0) is 10.3 Å². The number of nitriles is 1. The summed E-state index contributed by atoms with van der Waals surface area (Å²) in [6.45, 7) is 0.356. The van der Waals surface area contributed by atoms with E-state index in [9.17, 15) is 10.4 Å². The van der Waals surface area contributed by atoms with Crippen molar-refractivity contribution >= 4 is 17.6 Å². The first kappa shape index (κ1) is 18.3. The molecule has 4 atom stereocenters. The van der Waals surface area contributed by atoms with Crippen LogP contribution in [0.4, 0.5) is 0 Å². The fourth-order valence-electron chi connectivity index (χ4n) is 4.89. The number of aliphatic imine (C=N–C) groups is 1. The monoisotopic (exact) mass is 409 g/mol. The van der Waals surface area contributed by atoms with E-state index in [4.69, 9.17) is 31.8 Å². The molecule has 1 fully saturated rings. The van der Waals surface area contributed by atoms with Crippen molar-refractivity contribution in [3.8, 4) is 22.9 Å². The lowest BCUT2D eigenvalue weighted by atomic mass is 9.67. The maximum atomic E-state index is 10.1. The quantitative estimate of drug-likeness (QED) is 0.752. The average Bonchev–Trinajstić information content (AvgIpc) is 3.09. The zero-order chi connectivity index (χ0) is 20.2. The molecule has 29 heavy (non-hydrogen) atoms. The molecule has 2 heterocycles. The molecule has 3 N–H and O–H groups in total. The minimum absolute atomic E-state index is 0.0729. The van der Waals surface area contributed by atoms with Crippen molar-refractivity contribution in [1.29, 1.82) is 5.26 Å². The van der Waals surface area contributed by atoms with Crippen molar-refractivity contribution in [1.82, 2.24) is 0 Å². The zero-order valence-corrected chi connectivity index (χ0v) is 16.4. The number of amidine groups is 1. The van der Waals surface area contributed by atoms with Gasteiger partial charge in [0.15, 0.2) is 0 Å². The lowest BCUT2D eigenvalue weighted by Gasteiger charge is -2.47. The van der Waals surface area contributed by atoms with Gasteiger partial charge in [0, 0.05) is 22.9 Å². The highest BCUT2D eigenvalue weighted by molar-refractivity contribution is 6.31. The van der Waals surface area contributed by atoms with Crippen LogP contribution in [0.2, 0.25) is 5.02 Å². The van der Waals surface area contributed by atoms with Crippen molar-refractivity contribution in [2.45, 2.75) is 37.0 Å². The Hall–Kier alpha value is -2.75. The zero-order valence-electron chi connectivity index (χ0n) is 15.6. The minimum Gasteiger partial charge on any atom is -0.490 e. The predicted molar refractivity (Wildman–Crippen MR) is 109 cm³/mol. The fourth-order valence-corrected chi connectivity index (χ4v) is 5.13. The molecule has 3 aliphatic rings.